The second-order valence-corrected chi connectivity index (χ2v) is 9.93. The van der Waals surface area contributed by atoms with Crippen LogP contribution >= 0.6 is 34.8 Å². The van der Waals surface area contributed by atoms with Crippen molar-refractivity contribution in [3.05, 3.63) is 79.9 Å². The molecule has 1 amide bonds. The van der Waals surface area contributed by atoms with Crippen LogP contribution in [-0.4, -0.2) is 34.0 Å². The number of hydrogen-bond acceptors (Lipinski definition) is 7. The van der Waals surface area contributed by atoms with Crippen molar-refractivity contribution in [2.75, 3.05) is 23.3 Å². The summed E-state index contributed by atoms with van der Waals surface area (Å²) in [6, 6.07) is 17.6. The smallest absolute Gasteiger partial charge is 0.293 e. The average Bonchev–Trinajstić information content (AvgIpc) is 3.53. The maximum absolute atomic E-state index is 12.8. The zero-order valence-electron chi connectivity index (χ0n) is 18.9. The Morgan fingerprint density at radius 3 is 2.67 bits per heavy atom. The van der Waals surface area contributed by atoms with Crippen LogP contribution < -0.4 is 15.5 Å². The van der Waals surface area contributed by atoms with Crippen LogP contribution in [0.4, 0.5) is 17.1 Å². The zero-order chi connectivity index (χ0) is 25.2. The third-order valence-electron chi connectivity index (χ3n) is 5.83. The topological polar surface area (TPSA) is 114 Å². The molecule has 0 atom stereocenters. The molecule has 1 aliphatic heterocycles. The summed E-state index contributed by atoms with van der Waals surface area (Å²) in [5.74, 6) is -0.0254. The summed E-state index contributed by atoms with van der Waals surface area (Å²) < 4.78 is 6.94. The lowest BCUT2D eigenvalue weighted by atomic mass is 10.1. The van der Waals surface area contributed by atoms with Crippen molar-refractivity contribution in [2.45, 2.75) is 12.8 Å². The van der Waals surface area contributed by atoms with Crippen molar-refractivity contribution in [1.29, 1.82) is 0 Å². The Labute approximate surface area is 225 Å². The van der Waals surface area contributed by atoms with E-state index < -0.39 is 10.8 Å². The molecule has 2 N–H and O–H groups in total. The minimum Gasteiger partial charge on any atom is -0.436 e. The maximum Gasteiger partial charge on any atom is 0.293 e. The molecule has 0 aliphatic carbocycles. The number of nitro groups is 1. The first kappa shape index (κ1) is 24.1. The summed E-state index contributed by atoms with van der Waals surface area (Å²) in [7, 11) is 0. The molecular formula is C25H20IN5O4S. The summed E-state index contributed by atoms with van der Waals surface area (Å²) in [5.41, 5.74) is 3.34. The minimum absolute atomic E-state index is 0.0620. The van der Waals surface area contributed by atoms with Crippen LogP contribution in [0.1, 0.15) is 23.2 Å². The lowest BCUT2D eigenvalue weighted by molar-refractivity contribution is -0.384. The Balaban J connectivity index is 1.29. The number of aromatic nitrogens is 1. The highest BCUT2D eigenvalue weighted by Gasteiger charge is 2.24. The van der Waals surface area contributed by atoms with Gasteiger partial charge in [-0.25, -0.2) is 4.98 Å². The standard InChI is InChI=1S/C25H20IN5O4S/c26-17-5-3-4-16(12-17)24-28-19-14-18(7-9-22(19)35-24)27-25(36)29-23(32)15-6-8-20(21(13-15)31(33)34)30-10-1-2-11-30/h3-9,12-14H,1-2,10-11H2,(H2,27,29,32,36). The largest absolute Gasteiger partial charge is 0.436 e. The van der Waals surface area contributed by atoms with Crippen LogP contribution in [0.2, 0.25) is 0 Å². The average molecular weight is 613 g/mol. The molecule has 0 radical (unpaired) electrons. The van der Waals surface area contributed by atoms with Gasteiger partial charge in [0.25, 0.3) is 11.6 Å². The Kier molecular flexibility index (Phi) is 6.83. The third-order valence-corrected chi connectivity index (χ3v) is 6.70. The molecule has 2 heterocycles. The molecule has 1 fully saturated rings. The van der Waals surface area contributed by atoms with Gasteiger partial charge >= 0.3 is 0 Å². The van der Waals surface area contributed by atoms with Gasteiger partial charge in [0.2, 0.25) is 5.89 Å². The van der Waals surface area contributed by atoms with Gasteiger partial charge in [-0.15, -0.1) is 0 Å². The van der Waals surface area contributed by atoms with Crippen LogP contribution in [0.15, 0.2) is 65.1 Å². The van der Waals surface area contributed by atoms with Gasteiger partial charge in [-0.05, 0) is 96.2 Å². The van der Waals surface area contributed by atoms with Crippen molar-refractivity contribution < 1.29 is 14.1 Å². The molecular weight excluding hydrogens is 593 g/mol. The lowest BCUT2D eigenvalue weighted by Gasteiger charge is -2.18. The van der Waals surface area contributed by atoms with Gasteiger partial charge in [0.05, 0.1) is 4.92 Å². The number of anilines is 2. The van der Waals surface area contributed by atoms with E-state index in [9.17, 15) is 14.9 Å². The summed E-state index contributed by atoms with van der Waals surface area (Å²) >= 11 is 7.53. The number of hydrogen-bond donors (Lipinski definition) is 2. The van der Waals surface area contributed by atoms with E-state index >= 15 is 0 Å². The summed E-state index contributed by atoms with van der Waals surface area (Å²) in [5, 5.41) is 17.2. The van der Waals surface area contributed by atoms with Crippen LogP contribution in [0, 0.1) is 13.7 Å². The van der Waals surface area contributed by atoms with E-state index in [4.69, 9.17) is 16.6 Å². The Bertz CT molecular complexity index is 1500. The molecule has 36 heavy (non-hydrogen) atoms. The Morgan fingerprint density at radius 1 is 1.11 bits per heavy atom. The van der Waals surface area contributed by atoms with Crippen molar-refractivity contribution in [3.63, 3.8) is 0 Å². The normalized spacial score (nSPS) is 13.1. The minimum atomic E-state index is -0.535. The maximum atomic E-state index is 12.8. The molecule has 182 valence electrons. The van der Waals surface area contributed by atoms with Crippen molar-refractivity contribution in [2.24, 2.45) is 0 Å². The van der Waals surface area contributed by atoms with E-state index in [0.29, 0.717) is 28.4 Å². The number of oxazole rings is 1. The molecule has 3 aromatic carbocycles. The highest BCUT2D eigenvalue weighted by Crippen LogP contribution is 2.32. The fourth-order valence-corrected chi connectivity index (χ4v) is 4.88. The molecule has 11 heteroatoms. The molecule has 9 nitrogen and oxygen atoms in total. The monoisotopic (exact) mass is 613 g/mol. The van der Waals surface area contributed by atoms with Crippen LogP contribution in [0.5, 0.6) is 0 Å². The quantitative estimate of drug-likeness (QED) is 0.127. The van der Waals surface area contributed by atoms with Gasteiger partial charge in [0, 0.05) is 39.5 Å². The Morgan fingerprint density at radius 2 is 1.92 bits per heavy atom. The van der Waals surface area contributed by atoms with Gasteiger partial charge in [-0.2, -0.15) is 0 Å². The molecule has 0 saturated carbocycles. The van der Waals surface area contributed by atoms with E-state index in [1.807, 2.05) is 29.2 Å². The van der Waals surface area contributed by atoms with Crippen LogP contribution in [-0.2, 0) is 0 Å². The van der Waals surface area contributed by atoms with E-state index in [1.165, 1.54) is 6.07 Å². The van der Waals surface area contributed by atoms with Crippen LogP contribution in [0.3, 0.4) is 0 Å². The van der Waals surface area contributed by atoms with E-state index in [2.05, 4.69) is 38.2 Å². The number of rotatable bonds is 5. The van der Waals surface area contributed by atoms with Gasteiger partial charge in [0.15, 0.2) is 10.7 Å². The molecule has 1 aromatic heterocycles. The highest BCUT2D eigenvalue weighted by atomic mass is 127. The van der Waals surface area contributed by atoms with E-state index in [-0.39, 0.29) is 16.4 Å². The van der Waals surface area contributed by atoms with Crippen molar-refractivity contribution in [3.8, 4) is 11.5 Å². The van der Waals surface area contributed by atoms with Crippen molar-refractivity contribution in [1.82, 2.24) is 10.3 Å². The number of thiocarbonyl (C=S) groups is 1. The number of nitrogens with zero attached hydrogens (tertiary/aromatic N) is 3. The zero-order valence-corrected chi connectivity index (χ0v) is 21.8. The van der Waals surface area contributed by atoms with Crippen molar-refractivity contribution >= 4 is 74.0 Å². The molecule has 1 saturated heterocycles. The number of carbonyl (C=O) groups is 1. The van der Waals surface area contributed by atoms with Crippen LogP contribution in [0.25, 0.3) is 22.6 Å². The summed E-state index contributed by atoms with van der Waals surface area (Å²) in [6.45, 7) is 1.53. The number of carbonyl (C=O) groups excluding carboxylic acids is 1. The SMILES string of the molecule is O=C(NC(=S)Nc1ccc2oc(-c3cccc(I)c3)nc2c1)c1ccc(N2CCCC2)c([N+](=O)[O-])c1. The third kappa shape index (κ3) is 5.16. The first-order valence-electron chi connectivity index (χ1n) is 11.2. The highest BCUT2D eigenvalue weighted by molar-refractivity contribution is 14.1. The molecule has 0 spiro atoms. The number of nitrogens with one attached hydrogen (secondary N) is 2. The molecule has 0 bridgehead atoms. The number of nitro benzene ring substituents is 1. The lowest BCUT2D eigenvalue weighted by Crippen LogP contribution is -2.34. The summed E-state index contributed by atoms with van der Waals surface area (Å²) in [4.78, 5) is 30.4. The molecule has 4 aromatic rings. The predicted molar refractivity (Wildman–Crippen MR) is 150 cm³/mol. The number of benzene rings is 3. The number of amides is 1. The van der Waals surface area contributed by atoms with Gasteiger partial charge in [0.1, 0.15) is 11.2 Å². The predicted octanol–water partition coefficient (Wildman–Crippen LogP) is 5.73. The first-order valence-corrected chi connectivity index (χ1v) is 12.7. The van der Waals surface area contributed by atoms with E-state index in [0.717, 1.165) is 35.1 Å². The number of fused-ring (bicyclic) bond motifs is 1. The second-order valence-electron chi connectivity index (χ2n) is 8.27. The first-order chi connectivity index (χ1) is 17.4. The second kappa shape index (κ2) is 10.2. The summed E-state index contributed by atoms with van der Waals surface area (Å²) in [6.07, 6.45) is 1.98. The fraction of sp³-hybridized carbons (Fsp3) is 0.160. The number of halogens is 1. The molecule has 1 aliphatic rings. The van der Waals surface area contributed by atoms with E-state index in [1.54, 1.807) is 30.3 Å². The molecule has 5 rings (SSSR count). The fourth-order valence-electron chi connectivity index (χ4n) is 4.12. The Hall–Kier alpha value is -3.58. The van der Waals surface area contributed by atoms with Gasteiger partial charge in [-0.1, -0.05) is 6.07 Å². The van der Waals surface area contributed by atoms with Gasteiger partial charge < -0.3 is 14.6 Å². The molecule has 0 unspecified atom stereocenters. The van der Waals surface area contributed by atoms with Gasteiger partial charge in [-0.3, -0.25) is 20.2 Å².